The summed E-state index contributed by atoms with van der Waals surface area (Å²) in [5.74, 6) is -6.50. The Kier molecular flexibility index (Phi) is 104. The minimum absolute atomic E-state index is 0. The molecule has 0 bridgehead atoms. The van der Waals surface area contributed by atoms with Crippen LogP contribution >= 0.6 is 0 Å². The summed E-state index contributed by atoms with van der Waals surface area (Å²) in [6.45, 7) is 5.83. The van der Waals surface area contributed by atoms with E-state index in [1.165, 1.54) is 0 Å². The number of hydrogen-bond donors (Lipinski definition) is 0. The predicted molar refractivity (Wildman–Crippen MR) is 67.7 cm³/mol. The zero-order valence-corrected chi connectivity index (χ0v) is 21.7. The van der Waals surface area contributed by atoms with Gasteiger partial charge in [-0.2, -0.15) is 0 Å². The van der Waals surface area contributed by atoms with E-state index in [2.05, 4.69) is 0 Å². The molecule has 0 saturated heterocycles. The SMILES string of the molecule is CC(=O)[O-].CC(=O)[O-].CC(=O)[O-].CC(=O)[O-].CC(=O)[O-].CC(=O)[O-].O.[Ce+3].[Ce+3]. The van der Waals surface area contributed by atoms with E-state index in [0.29, 0.717) is 0 Å². The van der Waals surface area contributed by atoms with Crippen molar-refractivity contribution in [2.45, 2.75) is 41.5 Å². The van der Waals surface area contributed by atoms with Crippen LogP contribution < -0.4 is 30.6 Å². The molecule has 2 radical (unpaired) electrons. The molecule has 0 aliphatic heterocycles. The maximum absolute atomic E-state index is 8.89. The van der Waals surface area contributed by atoms with Crippen molar-refractivity contribution in [3.8, 4) is 0 Å². The number of hydrogen-bond acceptors (Lipinski definition) is 12. The number of carbonyl (C=O) groups is 6. The second kappa shape index (κ2) is 50.0. The number of carboxylic acid groups (broad SMARTS) is 6. The van der Waals surface area contributed by atoms with E-state index in [1.54, 1.807) is 0 Å². The first-order valence-electron chi connectivity index (χ1n) is 5.45. The van der Waals surface area contributed by atoms with Crippen LogP contribution in [0.2, 0.25) is 0 Å². The summed E-state index contributed by atoms with van der Waals surface area (Å²) in [5.41, 5.74) is 0. The van der Waals surface area contributed by atoms with Crippen molar-refractivity contribution >= 4 is 35.8 Å². The van der Waals surface area contributed by atoms with Gasteiger partial charge >= 0.3 is 83.5 Å². The molecule has 0 saturated carbocycles. The standard InChI is InChI=1S/6C2H4O2.2Ce.H2O/c6*1-2(3)4;;;/h6*1H3,(H,3,4);;;1H2/q;;;;;;2*+3;/p-6. The maximum Gasteiger partial charge on any atom is 3.00 e. The van der Waals surface area contributed by atoms with Crippen LogP contribution in [0.4, 0.5) is 0 Å². The molecule has 0 aromatic rings. The second-order valence-electron chi connectivity index (χ2n) is 2.95. The van der Waals surface area contributed by atoms with Crippen molar-refractivity contribution in [3.63, 3.8) is 0 Å². The molecule has 0 fully saturated rings. The van der Waals surface area contributed by atoms with Crippen LogP contribution in [0.15, 0.2) is 0 Å². The third-order valence-electron chi connectivity index (χ3n) is 0. The predicted octanol–water partition coefficient (Wildman–Crippen LogP) is -8.29. The molecule has 0 spiro atoms. The van der Waals surface area contributed by atoms with E-state index in [1.807, 2.05) is 0 Å². The molecule has 2 N–H and O–H groups in total. The summed E-state index contributed by atoms with van der Waals surface area (Å²) >= 11 is 0. The monoisotopic (exact) mass is 652 g/mol. The Morgan fingerprint density at radius 3 is 0.370 bits per heavy atom. The Morgan fingerprint density at radius 1 is 0.370 bits per heavy atom. The Morgan fingerprint density at radius 2 is 0.370 bits per heavy atom. The first-order chi connectivity index (χ1) is 10.4. The maximum atomic E-state index is 8.89. The zero-order chi connectivity index (χ0) is 21.5. The molecular formula is C12H20Ce2O13. The van der Waals surface area contributed by atoms with Crippen LogP contribution in [0.25, 0.3) is 0 Å². The van der Waals surface area contributed by atoms with Crippen molar-refractivity contribution in [2.24, 2.45) is 0 Å². The molecule has 0 rings (SSSR count). The van der Waals surface area contributed by atoms with Gasteiger partial charge in [0.1, 0.15) is 0 Å². The van der Waals surface area contributed by atoms with Crippen LogP contribution in [-0.4, -0.2) is 41.3 Å². The molecule has 154 valence electrons. The summed E-state index contributed by atoms with van der Waals surface area (Å²) in [6, 6.07) is 0. The molecule has 0 heterocycles. The second-order valence-corrected chi connectivity index (χ2v) is 2.95. The molecule has 15 heteroatoms. The van der Waals surface area contributed by atoms with E-state index >= 15 is 0 Å². The minimum Gasteiger partial charge on any atom is -0.550 e. The molecule has 0 atom stereocenters. The first kappa shape index (κ1) is 56.3. The van der Waals surface area contributed by atoms with Crippen LogP contribution in [0.5, 0.6) is 0 Å². The fourth-order valence-electron chi connectivity index (χ4n) is 0. The fraction of sp³-hybridized carbons (Fsp3) is 0.500. The van der Waals surface area contributed by atoms with E-state index in [9.17, 15) is 0 Å². The molecule has 13 nitrogen and oxygen atoms in total. The van der Waals surface area contributed by atoms with Gasteiger partial charge < -0.3 is 64.9 Å². The normalized spacial score (nSPS) is 5.56. The Hall–Kier alpha value is -0.467. The van der Waals surface area contributed by atoms with Gasteiger partial charge in [0.25, 0.3) is 0 Å². The van der Waals surface area contributed by atoms with Gasteiger partial charge in [0.05, 0.1) is 0 Å². The first-order valence-corrected chi connectivity index (χ1v) is 5.45. The molecule has 0 unspecified atom stereocenters. The summed E-state index contributed by atoms with van der Waals surface area (Å²) in [6.07, 6.45) is 0. The van der Waals surface area contributed by atoms with Gasteiger partial charge in [-0.3, -0.25) is 0 Å². The summed E-state index contributed by atoms with van der Waals surface area (Å²) < 4.78 is 0. The molecule has 0 aliphatic carbocycles. The number of carbonyl (C=O) groups excluding carboxylic acids is 6. The average molecular weight is 653 g/mol. The molecular weight excluding hydrogens is 632 g/mol. The topological polar surface area (TPSA) is 272 Å². The largest absolute Gasteiger partial charge is 3.00 e. The average Bonchev–Trinajstić information content (AvgIpc) is 2.08. The smallest absolute Gasteiger partial charge is 0.550 e. The zero-order valence-electron chi connectivity index (χ0n) is 15.4. The van der Waals surface area contributed by atoms with E-state index in [4.69, 9.17) is 59.4 Å². The molecule has 0 aromatic heterocycles. The van der Waals surface area contributed by atoms with Gasteiger partial charge in [0.2, 0.25) is 0 Å². The van der Waals surface area contributed by atoms with Gasteiger partial charge in [-0.15, -0.1) is 0 Å². The van der Waals surface area contributed by atoms with Gasteiger partial charge in [0.15, 0.2) is 0 Å². The van der Waals surface area contributed by atoms with Crippen LogP contribution in [-0.2, 0) is 28.8 Å². The van der Waals surface area contributed by atoms with Crippen molar-refractivity contribution < 1.29 is 148 Å². The Labute approximate surface area is 223 Å². The minimum atomic E-state index is -1.08. The van der Waals surface area contributed by atoms with Crippen molar-refractivity contribution in [3.05, 3.63) is 0 Å². The number of carboxylic acids is 6. The Balaban J connectivity index is -0.0000000201. The van der Waals surface area contributed by atoms with Crippen molar-refractivity contribution in [1.82, 2.24) is 0 Å². The van der Waals surface area contributed by atoms with E-state index < -0.39 is 35.8 Å². The van der Waals surface area contributed by atoms with Crippen LogP contribution in [0.3, 0.4) is 0 Å². The van der Waals surface area contributed by atoms with Crippen LogP contribution in [0, 0.1) is 83.5 Å². The third-order valence-corrected chi connectivity index (χ3v) is 0. The summed E-state index contributed by atoms with van der Waals surface area (Å²) in [5, 5.41) is 53.3. The number of rotatable bonds is 0. The molecule has 27 heavy (non-hydrogen) atoms. The van der Waals surface area contributed by atoms with Crippen molar-refractivity contribution in [2.75, 3.05) is 0 Å². The van der Waals surface area contributed by atoms with E-state index in [0.717, 1.165) is 41.5 Å². The van der Waals surface area contributed by atoms with Crippen molar-refractivity contribution in [1.29, 1.82) is 0 Å². The van der Waals surface area contributed by atoms with Gasteiger partial charge in [-0.1, -0.05) is 0 Å². The fourth-order valence-corrected chi connectivity index (χ4v) is 0. The quantitative estimate of drug-likeness (QED) is 0.236. The molecule has 0 aliphatic rings. The summed E-state index contributed by atoms with van der Waals surface area (Å²) in [4.78, 5) is 53.3. The van der Waals surface area contributed by atoms with Crippen LogP contribution in [0.1, 0.15) is 41.5 Å². The summed E-state index contributed by atoms with van der Waals surface area (Å²) in [7, 11) is 0. The molecule has 0 amide bonds. The van der Waals surface area contributed by atoms with Gasteiger partial charge in [-0.05, 0) is 41.5 Å². The van der Waals surface area contributed by atoms with Gasteiger partial charge in [-0.25, -0.2) is 0 Å². The number of aliphatic carboxylic acids is 6. The van der Waals surface area contributed by atoms with E-state index in [-0.39, 0.29) is 89.0 Å². The molecule has 0 aromatic carbocycles. The Bertz CT molecular complexity index is 266. The third kappa shape index (κ3) is 64900. The van der Waals surface area contributed by atoms with Gasteiger partial charge in [0, 0.05) is 35.8 Å².